The molecule has 212 valence electrons. The van der Waals surface area contributed by atoms with Gasteiger partial charge in [0, 0.05) is 17.9 Å². The lowest BCUT2D eigenvalue weighted by Crippen LogP contribution is -2.58. The number of carbonyl (C=O) groups excluding carboxylic acids is 4. The van der Waals surface area contributed by atoms with Crippen LogP contribution in [0.5, 0.6) is 0 Å². The van der Waals surface area contributed by atoms with E-state index in [4.69, 9.17) is 11.5 Å². The summed E-state index contributed by atoms with van der Waals surface area (Å²) in [5, 5.41) is 19.6. The Balaban J connectivity index is 2.89. The molecule has 0 aliphatic heterocycles. The Morgan fingerprint density at radius 3 is 1.95 bits per heavy atom. The quantitative estimate of drug-likeness (QED) is 0.0801. The van der Waals surface area contributed by atoms with E-state index in [0.29, 0.717) is 19.4 Å². The smallest absolute Gasteiger partial charge is 0.326 e. The highest BCUT2D eigenvalue weighted by atomic mass is 32.1. The second-order valence-electron chi connectivity index (χ2n) is 8.70. The maximum Gasteiger partial charge on any atom is 0.326 e. The van der Waals surface area contributed by atoms with Crippen molar-refractivity contribution >= 4 is 54.9 Å². The van der Waals surface area contributed by atoms with Gasteiger partial charge in [-0.05, 0) is 38.3 Å². The number of carboxylic acids is 1. The van der Waals surface area contributed by atoms with Crippen molar-refractivity contribution in [3.05, 3.63) is 35.9 Å². The molecular weight excluding hydrogens is 532 g/mol. The molecule has 0 radical (unpaired) electrons. The molecule has 0 heterocycles. The van der Waals surface area contributed by atoms with Crippen molar-refractivity contribution in [3.8, 4) is 0 Å². The number of nitrogens with two attached hydrogens (primary N) is 2. The molecule has 1 aromatic carbocycles. The van der Waals surface area contributed by atoms with Gasteiger partial charge in [0.1, 0.15) is 24.2 Å². The number of benzene rings is 1. The fourth-order valence-electron chi connectivity index (χ4n) is 3.32. The van der Waals surface area contributed by atoms with E-state index in [9.17, 15) is 29.1 Å². The van der Waals surface area contributed by atoms with Crippen LogP contribution in [0, 0.1) is 0 Å². The minimum Gasteiger partial charge on any atom is -0.480 e. The molecule has 4 amide bonds. The Morgan fingerprint density at radius 2 is 1.39 bits per heavy atom. The zero-order chi connectivity index (χ0) is 28.7. The highest BCUT2D eigenvalue weighted by molar-refractivity contribution is 7.80. The highest BCUT2D eigenvalue weighted by Gasteiger charge is 2.30. The van der Waals surface area contributed by atoms with E-state index in [0.717, 1.165) is 5.56 Å². The van der Waals surface area contributed by atoms with Gasteiger partial charge in [0.05, 0.1) is 6.04 Å². The molecule has 38 heavy (non-hydrogen) atoms. The SMILES string of the molecule is C[C@H](NC(=O)[C@@H](N)CS)C(=O)N[C@@H](CS)C(=O)N[C@H](CCCCN)C(=O)N[C@@H](Cc1ccccc1)C(=O)O. The van der Waals surface area contributed by atoms with Crippen LogP contribution in [-0.2, 0) is 30.4 Å². The first-order chi connectivity index (χ1) is 18.0. The second kappa shape index (κ2) is 17.7. The van der Waals surface area contributed by atoms with Gasteiger partial charge < -0.3 is 37.8 Å². The number of amides is 4. The van der Waals surface area contributed by atoms with E-state index in [-0.39, 0.29) is 24.3 Å². The summed E-state index contributed by atoms with van der Waals surface area (Å²) < 4.78 is 0. The Bertz CT molecular complexity index is 938. The third kappa shape index (κ3) is 11.7. The third-order valence-corrected chi connectivity index (χ3v) is 6.34. The Labute approximate surface area is 233 Å². The molecule has 0 bridgehead atoms. The monoisotopic (exact) mass is 570 g/mol. The van der Waals surface area contributed by atoms with Crippen LogP contribution >= 0.6 is 25.3 Å². The van der Waals surface area contributed by atoms with Gasteiger partial charge in [-0.25, -0.2) is 4.79 Å². The molecule has 0 spiro atoms. The summed E-state index contributed by atoms with van der Waals surface area (Å²) in [6, 6.07) is 3.50. The summed E-state index contributed by atoms with van der Waals surface area (Å²) in [4.78, 5) is 62.2. The number of rotatable bonds is 17. The first-order valence-electron chi connectivity index (χ1n) is 12.2. The predicted octanol–water partition coefficient (Wildman–Crippen LogP) is -1.41. The molecule has 0 aromatic heterocycles. The first kappa shape index (κ1) is 33.2. The second-order valence-corrected chi connectivity index (χ2v) is 9.43. The first-order valence-corrected chi connectivity index (χ1v) is 13.5. The molecule has 0 aliphatic carbocycles. The van der Waals surface area contributed by atoms with Gasteiger partial charge in [-0.2, -0.15) is 25.3 Å². The van der Waals surface area contributed by atoms with Crippen molar-refractivity contribution in [1.29, 1.82) is 0 Å². The molecule has 1 aromatic rings. The maximum absolute atomic E-state index is 13.0. The van der Waals surface area contributed by atoms with Crippen molar-refractivity contribution < 1.29 is 29.1 Å². The van der Waals surface area contributed by atoms with Gasteiger partial charge in [0.2, 0.25) is 23.6 Å². The summed E-state index contributed by atoms with van der Waals surface area (Å²) in [6.45, 7) is 1.80. The molecular formula is C24H38N6O6S2. The normalized spacial score (nSPS) is 14.8. The van der Waals surface area contributed by atoms with E-state index in [2.05, 4.69) is 46.5 Å². The van der Waals surface area contributed by atoms with Gasteiger partial charge in [0.25, 0.3) is 0 Å². The summed E-state index contributed by atoms with van der Waals surface area (Å²) in [6.07, 6.45) is 1.34. The van der Waals surface area contributed by atoms with Crippen molar-refractivity contribution in [1.82, 2.24) is 21.3 Å². The topological polar surface area (TPSA) is 206 Å². The summed E-state index contributed by atoms with van der Waals surface area (Å²) in [7, 11) is 0. The fourth-order valence-corrected chi connectivity index (χ4v) is 3.74. The van der Waals surface area contributed by atoms with Crippen LogP contribution in [-0.4, -0.2) is 83.0 Å². The van der Waals surface area contributed by atoms with Gasteiger partial charge in [-0.1, -0.05) is 30.3 Å². The van der Waals surface area contributed by atoms with Gasteiger partial charge in [-0.15, -0.1) is 0 Å². The average molecular weight is 571 g/mol. The van der Waals surface area contributed by atoms with E-state index in [1.165, 1.54) is 6.92 Å². The zero-order valence-electron chi connectivity index (χ0n) is 21.3. The Kier molecular flexibility index (Phi) is 15.4. The number of carboxylic acid groups (broad SMARTS) is 1. The van der Waals surface area contributed by atoms with Crippen molar-refractivity contribution in [2.45, 2.75) is 62.8 Å². The summed E-state index contributed by atoms with van der Waals surface area (Å²) in [5.74, 6) is -3.83. The zero-order valence-corrected chi connectivity index (χ0v) is 23.0. The molecule has 12 nitrogen and oxygen atoms in total. The van der Waals surface area contributed by atoms with Crippen molar-refractivity contribution in [2.75, 3.05) is 18.1 Å². The molecule has 0 fully saturated rings. The lowest BCUT2D eigenvalue weighted by atomic mass is 10.0. The molecule has 5 atom stereocenters. The Morgan fingerprint density at radius 1 is 0.816 bits per heavy atom. The van der Waals surface area contributed by atoms with E-state index in [1.54, 1.807) is 30.3 Å². The van der Waals surface area contributed by atoms with Crippen molar-refractivity contribution in [2.24, 2.45) is 11.5 Å². The predicted molar refractivity (Wildman–Crippen MR) is 150 cm³/mol. The van der Waals surface area contributed by atoms with Crippen LogP contribution in [0.2, 0.25) is 0 Å². The molecule has 0 aliphatic rings. The number of hydrogen-bond acceptors (Lipinski definition) is 9. The minimum absolute atomic E-state index is 0.0567. The van der Waals surface area contributed by atoms with Crippen LogP contribution in [0.4, 0.5) is 0 Å². The van der Waals surface area contributed by atoms with E-state index >= 15 is 0 Å². The molecule has 0 saturated heterocycles. The largest absolute Gasteiger partial charge is 0.480 e. The molecule has 14 heteroatoms. The van der Waals surface area contributed by atoms with Crippen LogP contribution in [0.3, 0.4) is 0 Å². The van der Waals surface area contributed by atoms with E-state index in [1.807, 2.05) is 0 Å². The van der Waals surface area contributed by atoms with Crippen LogP contribution in [0.1, 0.15) is 31.7 Å². The molecule has 1 rings (SSSR count). The maximum atomic E-state index is 13.0. The number of thiol groups is 2. The van der Waals surface area contributed by atoms with Crippen LogP contribution < -0.4 is 32.7 Å². The Hall–Kier alpha value is -2.81. The summed E-state index contributed by atoms with van der Waals surface area (Å²) >= 11 is 8.07. The number of nitrogens with one attached hydrogen (secondary N) is 4. The fraction of sp³-hybridized carbons (Fsp3) is 0.542. The highest BCUT2D eigenvalue weighted by Crippen LogP contribution is 2.07. The van der Waals surface area contributed by atoms with Crippen LogP contribution in [0.25, 0.3) is 0 Å². The number of aliphatic carboxylic acids is 1. The molecule has 9 N–H and O–H groups in total. The average Bonchev–Trinajstić information content (AvgIpc) is 2.90. The minimum atomic E-state index is -1.22. The lowest BCUT2D eigenvalue weighted by Gasteiger charge is -2.25. The van der Waals surface area contributed by atoms with Crippen LogP contribution in [0.15, 0.2) is 30.3 Å². The lowest BCUT2D eigenvalue weighted by molar-refractivity contribution is -0.142. The van der Waals surface area contributed by atoms with Gasteiger partial charge in [-0.3, -0.25) is 19.2 Å². The number of unbranched alkanes of at least 4 members (excludes halogenated alkanes) is 1. The van der Waals surface area contributed by atoms with Gasteiger partial charge >= 0.3 is 5.97 Å². The number of hydrogen-bond donors (Lipinski definition) is 9. The van der Waals surface area contributed by atoms with E-state index < -0.39 is 59.8 Å². The number of carbonyl (C=O) groups is 5. The summed E-state index contributed by atoms with van der Waals surface area (Å²) in [5.41, 5.74) is 11.9. The molecule has 0 saturated carbocycles. The standard InChI is InChI=1S/C24H38N6O6S2/c1-14(27-21(32)16(26)12-37)20(31)30-19(13-38)23(34)28-17(9-5-6-10-25)22(33)29-18(24(35)36)11-15-7-3-2-4-8-15/h2-4,7-8,14,16-19,37-38H,5-6,9-13,25-26H2,1H3,(H,27,32)(H,28,34)(H,29,33)(H,30,31)(H,35,36)/t14-,16-,17+,18-,19-/m0/s1. The third-order valence-electron chi connectivity index (χ3n) is 5.58. The van der Waals surface area contributed by atoms with Crippen molar-refractivity contribution in [3.63, 3.8) is 0 Å². The molecule has 0 unspecified atom stereocenters. The van der Waals surface area contributed by atoms with Gasteiger partial charge in [0.15, 0.2) is 0 Å².